The Bertz CT molecular complexity index is 605. The van der Waals surface area contributed by atoms with Gasteiger partial charge in [0, 0.05) is 16.2 Å². The minimum Gasteiger partial charge on any atom is -0.496 e. The molecular formula is C18H22O2S. The zero-order chi connectivity index (χ0) is 15.4. The molecule has 1 N–H and O–H groups in total. The minimum atomic E-state index is -0.537. The van der Waals surface area contributed by atoms with Crippen LogP contribution in [-0.4, -0.2) is 18.0 Å². The van der Waals surface area contributed by atoms with Crippen molar-refractivity contribution in [3.05, 3.63) is 58.7 Å². The van der Waals surface area contributed by atoms with Crippen LogP contribution in [0, 0.1) is 20.8 Å². The Hall–Kier alpha value is -1.45. The maximum atomic E-state index is 10.5. The third kappa shape index (κ3) is 3.80. The second-order valence-electron chi connectivity index (χ2n) is 5.27. The van der Waals surface area contributed by atoms with Gasteiger partial charge in [-0.05, 0) is 44.0 Å². The summed E-state index contributed by atoms with van der Waals surface area (Å²) in [6, 6.07) is 12.3. The smallest absolute Gasteiger partial charge is 0.127 e. The predicted molar refractivity (Wildman–Crippen MR) is 89.3 cm³/mol. The van der Waals surface area contributed by atoms with Gasteiger partial charge in [0.2, 0.25) is 0 Å². The Balaban J connectivity index is 2.11. The Labute approximate surface area is 131 Å². The van der Waals surface area contributed by atoms with Crippen molar-refractivity contribution in [1.29, 1.82) is 0 Å². The molecule has 0 aliphatic rings. The monoisotopic (exact) mass is 302 g/mol. The van der Waals surface area contributed by atoms with Crippen LogP contribution < -0.4 is 4.74 Å². The first-order valence-corrected chi connectivity index (χ1v) is 8.03. The van der Waals surface area contributed by atoms with Gasteiger partial charge in [0.05, 0.1) is 13.2 Å². The van der Waals surface area contributed by atoms with Crippen LogP contribution in [0.2, 0.25) is 0 Å². The third-order valence-electron chi connectivity index (χ3n) is 3.70. The first-order chi connectivity index (χ1) is 10.0. The van der Waals surface area contributed by atoms with E-state index in [0.29, 0.717) is 5.75 Å². The summed E-state index contributed by atoms with van der Waals surface area (Å²) in [5.41, 5.74) is 4.37. The van der Waals surface area contributed by atoms with Crippen molar-refractivity contribution in [3.63, 3.8) is 0 Å². The fourth-order valence-corrected chi connectivity index (χ4v) is 3.10. The van der Waals surface area contributed by atoms with Gasteiger partial charge in [-0.3, -0.25) is 0 Å². The first kappa shape index (κ1) is 15.9. The Morgan fingerprint density at radius 1 is 1.05 bits per heavy atom. The van der Waals surface area contributed by atoms with E-state index in [4.69, 9.17) is 4.74 Å². The third-order valence-corrected chi connectivity index (χ3v) is 4.79. The summed E-state index contributed by atoms with van der Waals surface area (Å²) in [5.74, 6) is 1.41. The average Bonchev–Trinajstić information content (AvgIpc) is 2.49. The van der Waals surface area contributed by atoms with Crippen LogP contribution in [0.1, 0.15) is 28.4 Å². The number of hydrogen-bond donors (Lipinski definition) is 1. The van der Waals surface area contributed by atoms with Gasteiger partial charge >= 0.3 is 0 Å². The van der Waals surface area contributed by atoms with E-state index in [0.717, 1.165) is 16.9 Å². The lowest BCUT2D eigenvalue weighted by Gasteiger charge is -2.17. The second kappa shape index (κ2) is 7.01. The Kier molecular flexibility index (Phi) is 5.32. The molecule has 0 spiro atoms. The van der Waals surface area contributed by atoms with E-state index < -0.39 is 6.10 Å². The van der Waals surface area contributed by atoms with E-state index in [1.54, 1.807) is 18.9 Å². The summed E-state index contributed by atoms with van der Waals surface area (Å²) in [7, 11) is 1.66. The van der Waals surface area contributed by atoms with E-state index in [9.17, 15) is 5.11 Å². The van der Waals surface area contributed by atoms with Gasteiger partial charge in [-0.2, -0.15) is 0 Å². The fraction of sp³-hybridized carbons (Fsp3) is 0.333. The quantitative estimate of drug-likeness (QED) is 0.828. The Morgan fingerprint density at radius 3 is 2.33 bits per heavy atom. The van der Waals surface area contributed by atoms with Crippen molar-refractivity contribution in [2.75, 3.05) is 12.9 Å². The van der Waals surface area contributed by atoms with Crippen molar-refractivity contribution >= 4 is 11.8 Å². The number of thioether (sulfide) groups is 1. The fourth-order valence-electron chi connectivity index (χ4n) is 2.24. The standard InChI is InChI=1S/C18H22O2S/c1-12-5-8-15(9-6-12)21-11-17(19)16-10-7-13(2)14(3)18(16)20-4/h5-10,17,19H,11H2,1-4H3. The molecule has 0 radical (unpaired) electrons. The van der Waals surface area contributed by atoms with Crippen molar-refractivity contribution in [1.82, 2.24) is 0 Å². The van der Waals surface area contributed by atoms with Gasteiger partial charge in [-0.1, -0.05) is 29.8 Å². The zero-order valence-electron chi connectivity index (χ0n) is 13.0. The van der Waals surface area contributed by atoms with E-state index in [-0.39, 0.29) is 0 Å². The maximum absolute atomic E-state index is 10.5. The number of aliphatic hydroxyl groups is 1. The molecule has 2 nitrogen and oxygen atoms in total. The molecule has 2 aromatic rings. The summed E-state index contributed by atoms with van der Waals surface area (Å²) >= 11 is 1.66. The van der Waals surface area contributed by atoms with Gasteiger partial charge in [-0.15, -0.1) is 11.8 Å². The molecule has 0 fully saturated rings. The van der Waals surface area contributed by atoms with E-state index in [1.165, 1.54) is 16.0 Å². The van der Waals surface area contributed by atoms with Crippen molar-refractivity contribution in [3.8, 4) is 5.75 Å². The van der Waals surface area contributed by atoms with Gasteiger partial charge < -0.3 is 9.84 Å². The van der Waals surface area contributed by atoms with Crippen LogP contribution in [0.4, 0.5) is 0 Å². The second-order valence-corrected chi connectivity index (χ2v) is 6.36. The van der Waals surface area contributed by atoms with E-state index in [2.05, 4.69) is 38.1 Å². The molecule has 112 valence electrons. The molecular weight excluding hydrogens is 280 g/mol. The van der Waals surface area contributed by atoms with Crippen molar-refractivity contribution in [2.45, 2.75) is 31.8 Å². The number of ether oxygens (including phenoxy) is 1. The molecule has 1 unspecified atom stereocenters. The molecule has 0 saturated heterocycles. The van der Waals surface area contributed by atoms with Gasteiger partial charge in [0.25, 0.3) is 0 Å². The number of benzene rings is 2. The summed E-state index contributed by atoms with van der Waals surface area (Å²) in [4.78, 5) is 1.17. The molecule has 2 rings (SSSR count). The SMILES string of the molecule is COc1c(C(O)CSc2ccc(C)cc2)ccc(C)c1C. The molecule has 0 aliphatic carbocycles. The lowest BCUT2D eigenvalue weighted by atomic mass is 10.0. The van der Waals surface area contributed by atoms with Gasteiger partial charge in [-0.25, -0.2) is 0 Å². The molecule has 2 aromatic carbocycles. The summed E-state index contributed by atoms with van der Waals surface area (Å²) in [5, 5.41) is 10.5. The highest BCUT2D eigenvalue weighted by Gasteiger charge is 2.16. The predicted octanol–water partition coefficient (Wildman–Crippen LogP) is 4.45. The van der Waals surface area contributed by atoms with Crippen LogP contribution in [0.3, 0.4) is 0 Å². The van der Waals surface area contributed by atoms with Crippen molar-refractivity contribution < 1.29 is 9.84 Å². The number of methoxy groups -OCH3 is 1. The van der Waals surface area contributed by atoms with Crippen molar-refractivity contribution in [2.24, 2.45) is 0 Å². The number of hydrogen-bond acceptors (Lipinski definition) is 3. The molecule has 0 aromatic heterocycles. The Morgan fingerprint density at radius 2 is 1.71 bits per heavy atom. The molecule has 0 amide bonds. The molecule has 0 heterocycles. The van der Waals surface area contributed by atoms with Gasteiger partial charge in [0.15, 0.2) is 0 Å². The molecule has 0 saturated carbocycles. The minimum absolute atomic E-state index is 0.537. The van der Waals surface area contributed by atoms with Crippen LogP contribution in [0.25, 0.3) is 0 Å². The summed E-state index contributed by atoms with van der Waals surface area (Å²) in [6.45, 7) is 6.15. The molecule has 21 heavy (non-hydrogen) atoms. The van der Waals surface area contributed by atoms with Crippen LogP contribution >= 0.6 is 11.8 Å². The lowest BCUT2D eigenvalue weighted by Crippen LogP contribution is -2.05. The molecule has 3 heteroatoms. The van der Waals surface area contributed by atoms with Crippen LogP contribution in [0.15, 0.2) is 41.3 Å². The number of aryl methyl sites for hydroxylation is 2. The normalized spacial score (nSPS) is 12.2. The topological polar surface area (TPSA) is 29.5 Å². The zero-order valence-corrected chi connectivity index (χ0v) is 13.8. The van der Waals surface area contributed by atoms with E-state index >= 15 is 0 Å². The molecule has 1 atom stereocenters. The average molecular weight is 302 g/mol. The highest BCUT2D eigenvalue weighted by Crippen LogP contribution is 2.33. The van der Waals surface area contributed by atoms with Gasteiger partial charge in [0.1, 0.15) is 5.75 Å². The first-order valence-electron chi connectivity index (χ1n) is 7.04. The van der Waals surface area contributed by atoms with Crippen LogP contribution in [0.5, 0.6) is 5.75 Å². The number of aliphatic hydroxyl groups excluding tert-OH is 1. The molecule has 0 aliphatic heterocycles. The molecule has 0 bridgehead atoms. The lowest BCUT2D eigenvalue weighted by molar-refractivity contribution is 0.198. The van der Waals surface area contributed by atoms with E-state index in [1.807, 2.05) is 19.1 Å². The largest absolute Gasteiger partial charge is 0.496 e. The highest BCUT2D eigenvalue weighted by atomic mass is 32.2. The summed E-state index contributed by atoms with van der Waals surface area (Å²) in [6.07, 6.45) is -0.537. The number of rotatable bonds is 5. The van der Waals surface area contributed by atoms with Crippen LogP contribution in [-0.2, 0) is 0 Å². The highest BCUT2D eigenvalue weighted by molar-refractivity contribution is 7.99. The summed E-state index contributed by atoms with van der Waals surface area (Å²) < 4.78 is 5.48. The maximum Gasteiger partial charge on any atom is 0.127 e.